The van der Waals surface area contributed by atoms with Gasteiger partial charge in [0.25, 0.3) is 11.9 Å². The average molecular weight is 346 g/mol. The van der Waals surface area contributed by atoms with Crippen molar-refractivity contribution in [2.75, 3.05) is 5.32 Å². The molecular weight excluding hydrogens is 334 g/mol. The minimum Gasteiger partial charge on any atom is -0.322 e. The molecule has 0 saturated heterocycles. The van der Waals surface area contributed by atoms with E-state index in [-0.39, 0.29) is 0 Å². The van der Waals surface area contributed by atoms with Gasteiger partial charge in [-0.3, -0.25) is 0 Å². The van der Waals surface area contributed by atoms with Crippen LogP contribution in [-0.4, -0.2) is 30.2 Å². The highest BCUT2D eigenvalue weighted by Crippen LogP contribution is 2.21. The molecule has 0 aliphatic rings. The Morgan fingerprint density at radius 2 is 1.67 bits per heavy atom. The molecule has 0 atom stereocenters. The molecule has 1 N–H and O–H groups in total. The number of nitrogens with zero attached hydrogens (tertiary/aromatic N) is 6. The minimum atomic E-state index is 0.333. The Labute approximate surface area is 129 Å². The highest BCUT2D eigenvalue weighted by atomic mass is 79.9. The molecular formula is C13H12BrN7. The van der Waals surface area contributed by atoms with Crippen molar-refractivity contribution in [3.63, 3.8) is 0 Å². The third kappa shape index (κ3) is 2.75. The van der Waals surface area contributed by atoms with Gasteiger partial charge in [-0.15, -0.1) is 20.4 Å². The monoisotopic (exact) mass is 345 g/mol. The zero-order valence-electron chi connectivity index (χ0n) is 11.4. The summed E-state index contributed by atoms with van der Waals surface area (Å²) >= 11 is 3.46. The predicted molar refractivity (Wildman–Crippen MR) is 81.6 cm³/mol. The Hall–Kier alpha value is -2.35. The first-order valence-electron chi connectivity index (χ1n) is 6.26. The molecule has 106 valence electrons. The van der Waals surface area contributed by atoms with E-state index in [2.05, 4.69) is 46.7 Å². The lowest BCUT2D eigenvalue weighted by atomic mass is 10.3. The molecule has 2 heterocycles. The normalized spacial score (nSPS) is 10.6. The number of nitrogens with one attached hydrogen (secondary N) is 1. The standard InChI is InChI=1S/C13H12BrN7/c1-8-11(14)9(2)21(20-8)13-18-16-12(17-19-13)15-10-6-4-3-5-7-10/h3-7H,1-2H3,(H,15,16,17). The average Bonchev–Trinajstić information content (AvgIpc) is 2.77. The molecule has 0 amide bonds. The smallest absolute Gasteiger partial charge is 0.289 e. The van der Waals surface area contributed by atoms with Crippen molar-refractivity contribution in [1.29, 1.82) is 0 Å². The first kappa shape index (κ1) is 13.6. The fourth-order valence-electron chi connectivity index (χ4n) is 1.83. The fraction of sp³-hybridized carbons (Fsp3) is 0.154. The Bertz CT molecular complexity index is 752. The van der Waals surface area contributed by atoms with E-state index in [1.807, 2.05) is 44.2 Å². The van der Waals surface area contributed by atoms with Crippen LogP contribution in [0.15, 0.2) is 34.8 Å². The Morgan fingerprint density at radius 3 is 2.24 bits per heavy atom. The van der Waals surface area contributed by atoms with Crippen LogP contribution in [0.1, 0.15) is 11.4 Å². The molecule has 0 spiro atoms. The Balaban J connectivity index is 1.85. The van der Waals surface area contributed by atoms with Crippen molar-refractivity contribution in [1.82, 2.24) is 30.2 Å². The van der Waals surface area contributed by atoms with E-state index in [0.717, 1.165) is 21.5 Å². The van der Waals surface area contributed by atoms with Gasteiger partial charge in [-0.25, -0.2) is 0 Å². The molecule has 8 heteroatoms. The molecule has 0 radical (unpaired) electrons. The van der Waals surface area contributed by atoms with Crippen LogP contribution in [0.5, 0.6) is 0 Å². The van der Waals surface area contributed by atoms with Gasteiger partial charge in [-0.2, -0.15) is 9.78 Å². The maximum absolute atomic E-state index is 4.34. The second-order valence-corrected chi connectivity index (χ2v) is 5.20. The lowest BCUT2D eigenvalue weighted by Crippen LogP contribution is -2.10. The summed E-state index contributed by atoms with van der Waals surface area (Å²) in [6, 6.07) is 9.60. The first-order valence-corrected chi connectivity index (χ1v) is 7.06. The van der Waals surface area contributed by atoms with Crippen molar-refractivity contribution in [2.24, 2.45) is 0 Å². The Morgan fingerprint density at radius 1 is 1.00 bits per heavy atom. The zero-order valence-corrected chi connectivity index (χ0v) is 13.0. The van der Waals surface area contributed by atoms with Gasteiger partial charge in [0.15, 0.2) is 0 Å². The van der Waals surface area contributed by atoms with Crippen LogP contribution in [0.2, 0.25) is 0 Å². The largest absolute Gasteiger partial charge is 0.322 e. The number of halogens is 1. The van der Waals surface area contributed by atoms with Crippen LogP contribution < -0.4 is 5.32 Å². The van der Waals surface area contributed by atoms with Crippen LogP contribution in [0.4, 0.5) is 11.6 Å². The van der Waals surface area contributed by atoms with Gasteiger partial charge in [-0.1, -0.05) is 18.2 Å². The molecule has 21 heavy (non-hydrogen) atoms. The molecule has 0 unspecified atom stereocenters. The van der Waals surface area contributed by atoms with Crippen LogP contribution in [0.3, 0.4) is 0 Å². The van der Waals surface area contributed by atoms with E-state index in [9.17, 15) is 0 Å². The lowest BCUT2D eigenvalue weighted by Gasteiger charge is -2.04. The van der Waals surface area contributed by atoms with E-state index >= 15 is 0 Å². The number of para-hydroxylation sites is 1. The molecule has 7 nitrogen and oxygen atoms in total. The van der Waals surface area contributed by atoms with Crippen LogP contribution in [0.25, 0.3) is 5.95 Å². The molecule has 0 aliphatic heterocycles. The van der Waals surface area contributed by atoms with Crippen molar-refractivity contribution in [2.45, 2.75) is 13.8 Å². The van der Waals surface area contributed by atoms with Crippen LogP contribution in [0, 0.1) is 13.8 Å². The number of aromatic nitrogens is 6. The number of anilines is 2. The van der Waals surface area contributed by atoms with Crippen molar-refractivity contribution >= 4 is 27.6 Å². The number of benzene rings is 1. The van der Waals surface area contributed by atoms with Crippen molar-refractivity contribution in [3.8, 4) is 5.95 Å². The SMILES string of the molecule is Cc1nn(-c2nnc(Nc3ccccc3)nn2)c(C)c1Br. The summed E-state index contributed by atoms with van der Waals surface area (Å²) in [7, 11) is 0. The summed E-state index contributed by atoms with van der Waals surface area (Å²) in [5.41, 5.74) is 2.64. The third-order valence-corrected chi connectivity index (χ3v) is 4.04. The minimum absolute atomic E-state index is 0.333. The summed E-state index contributed by atoms with van der Waals surface area (Å²) < 4.78 is 2.53. The molecule has 3 aromatic rings. The summed E-state index contributed by atoms with van der Waals surface area (Å²) in [5.74, 6) is 0.672. The van der Waals surface area contributed by atoms with E-state index in [4.69, 9.17) is 0 Å². The van der Waals surface area contributed by atoms with Gasteiger partial charge in [0.1, 0.15) is 0 Å². The summed E-state index contributed by atoms with van der Waals surface area (Å²) in [6.07, 6.45) is 0. The van der Waals surface area contributed by atoms with Crippen LogP contribution >= 0.6 is 15.9 Å². The molecule has 0 bridgehead atoms. The van der Waals surface area contributed by atoms with Gasteiger partial charge >= 0.3 is 0 Å². The number of hydrogen-bond donors (Lipinski definition) is 1. The summed E-state index contributed by atoms with van der Waals surface area (Å²) in [5, 5.41) is 23.5. The number of hydrogen-bond acceptors (Lipinski definition) is 6. The van der Waals surface area contributed by atoms with E-state index in [1.165, 1.54) is 0 Å². The molecule has 3 rings (SSSR count). The number of aryl methyl sites for hydroxylation is 1. The maximum Gasteiger partial charge on any atom is 0.289 e. The van der Waals surface area contributed by atoms with E-state index in [1.54, 1.807) is 4.68 Å². The maximum atomic E-state index is 4.34. The van der Waals surface area contributed by atoms with E-state index in [0.29, 0.717) is 11.9 Å². The van der Waals surface area contributed by atoms with Gasteiger partial charge in [0.05, 0.1) is 15.9 Å². The highest BCUT2D eigenvalue weighted by Gasteiger charge is 2.13. The second-order valence-electron chi connectivity index (χ2n) is 4.41. The van der Waals surface area contributed by atoms with Gasteiger partial charge < -0.3 is 5.32 Å². The van der Waals surface area contributed by atoms with E-state index < -0.39 is 0 Å². The van der Waals surface area contributed by atoms with Crippen molar-refractivity contribution in [3.05, 3.63) is 46.2 Å². The predicted octanol–water partition coefficient (Wildman–Crippen LogP) is 2.58. The summed E-state index contributed by atoms with van der Waals surface area (Å²) in [6.45, 7) is 3.82. The molecule has 2 aromatic heterocycles. The van der Waals surface area contributed by atoms with Crippen LogP contribution in [-0.2, 0) is 0 Å². The Kier molecular flexibility index (Phi) is 3.61. The topological polar surface area (TPSA) is 81.4 Å². The zero-order chi connectivity index (χ0) is 14.8. The lowest BCUT2D eigenvalue weighted by molar-refractivity contribution is 0.713. The molecule has 0 saturated carbocycles. The van der Waals surface area contributed by atoms with Gasteiger partial charge in [0, 0.05) is 5.69 Å². The number of rotatable bonds is 3. The molecule has 0 aliphatic carbocycles. The quantitative estimate of drug-likeness (QED) is 0.785. The highest BCUT2D eigenvalue weighted by molar-refractivity contribution is 9.10. The second kappa shape index (κ2) is 5.57. The molecule has 1 aromatic carbocycles. The third-order valence-electron chi connectivity index (χ3n) is 2.89. The summed E-state index contributed by atoms with van der Waals surface area (Å²) in [4.78, 5) is 0. The van der Waals surface area contributed by atoms with Gasteiger partial charge in [-0.05, 0) is 41.9 Å². The van der Waals surface area contributed by atoms with Gasteiger partial charge in [0.2, 0.25) is 0 Å². The first-order chi connectivity index (χ1) is 10.1. The molecule has 0 fully saturated rings. The van der Waals surface area contributed by atoms with Crippen molar-refractivity contribution < 1.29 is 0 Å². The fourth-order valence-corrected chi connectivity index (χ4v) is 2.08.